The highest BCUT2D eigenvalue weighted by Gasteiger charge is 2.12. The van der Waals surface area contributed by atoms with Crippen LogP contribution in [-0.2, 0) is 13.0 Å². The lowest BCUT2D eigenvalue weighted by molar-refractivity contribution is 0.388. The van der Waals surface area contributed by atoms with E-state index in [2.05, 4.69) is 47.1 Å². The maximum Gasteiger partial charge on any atom is 0.160 e. The van der Waals surface area contributed by atoms with Crippen LogP contribution < -0.4 is 0 Å². The summed E-state index contributed by atoms with van der Waals surface area (Å²) in [5.74, 6) is 0.680. The van der Waals surface area contributed by atoms with Crippen molar-refractivity contribution in [2.45, 2.75) is 46.6 Å². The lowest BCUT2D eigenvalue weighted by Crippen LogP contribution is -2.13. The fraction of sp³-hybridized carbons (Fsp3) is 0.400. The van der Waals surface area contributed by atoms with Crippen LogP contribution in [0.5, 0.6) is 0 Å². The van der Waals surface area contributed by atoms with Crippen molar-refractivity contribution in [3.63, 3.8) is 0 Å². The van der Waals surface area contributed by atoms with Crippen LogP contribution in [0.1, 0.15) is 45.0 Å². The number of aryl methyl sites for hydroxylation is 1. The van der Waals surface area contributed by atoms with E-state index in [-0.39, 0.29) is 5.82 Å². The fourth-order valence-electron chi connectivity index (χ4n) is 3.92. The molecule has 0 saturated carbocycles. The molecule has 0 fully saturated rings. The van der Waals surface area contributed by atoms with E-state index in [1.54, 1.807) is 6.07 Å². The molecule has 0 N–H and O–H groups in total. The molecule has 0 unspecified atom stereocenters. The first-order chi connectivity index (χ1) is 14.8. The first-order valence-corrected chi connectivity index (χ1v) is 10.7. The van der Waals surface area contributed by atoms with E-state index >= 15 is 0 Å². The molecule has 6 heteroatoms. The van der Waals surface area contributed by atoms with Crippen molar-refractivity contribution >= 4 is 11.4 Å². The number of benzene rings is 1. The Morgan fingerprint density at radius 1 is 1.10 bits per heavy atom. The molecule has 0 radical (unpaired) electrons. The van der Waals surface area contributed by atoms with E-state index in [1.807, 2.05) is 43.7 Å². The summed E-state index contributed by atoms with van der Waals surface area (Å²) in [5.41, 5.74) is 7.57. The van der Waals surface area contributed by atoms with E-state index < -0.39 is 0 Å². The predicted molar refractivity (Wildman–Crippen MR) is 126 cm³/mol. The number of halogens is 1. The average Bonchev–Trinajstić information content (AvgIpc) is 3.12. The van der Waals surface area contributed by atoms with Crippen LogP contribution in [-0.4, -0.2) is 46.4 Å². The van der Waals surface area contributed by atoms with Gasteiger partial charge in [-0.1, -0.05) is 11.6 Å². The largest absolute Gasteiger partial charge is 0.302 e. The molecule has 3 aromatic rings. The number of hydrogen-bond donors (Lipinski definition) is 0. The van der Waals surface area contributed by atoms with Gasteiger partial charge in [0.1, 0.15) is 5.82 Å². The van der Waals surface area contributed by atoms with E-state index in [1.165, 1.54) is 17.2 Å². The minimum Gasteiger partial charge on any atom is -0.302 e. The Bertz CT molecular complexity index is 1120. The zero-order chi connectivity index (χ0) is 22.5. The summed E-state index contributed by atoms with van der Waals surface area (Å²) in [7, 11) is 5.85. The molecule has 31 heavy (non-hydrogen) atoms. The molecule has 0 bridgehead atoms. The van der Waals surface area contributed by atoms with E-state index in [0.29, 0.717) is 6.54 Å². The lowest BCUT2D eigenvalue weighted by Gasteiger charge is -2.13. The maximum absolute atomic E-state index is 14.1. The quantitative estimate of drug-likeness (QED) is 0.461. The molecular formula is C25H32FN5. The van der Waals surface area contributed by atoms with Gasteiger partial charge in [-0.25, -0.2) is 4.39 Å². The number of pyridine rings is 1. The molecule has 0 aliphatic rings. The van der Waals surface area contributed by atoms with E-state index in [9.17, 15) is 4.39 Å². The fourth-order valence-corrected chi connectivity index (χ4v) is 3.92. The molecule has 2 heterocycles. The van der Waals surface area contributed by atoms with Crippen LogP contribution in [0, 0.1) is 5.82 Å². The summed E-state index contributed by atoms with van der Waals surface area (Å²) in [4.78, 5) is 6.41. The number of aliphatic imine (C=N–C) groups is 1. The Kier molecular flexibility index (Phi) is 7.33. The van der Waals surface area contributed by atoms with E-state index in [0.717, 1.165) is 53.1 Å². The third-order valence-corrected chi connectivity index (χ3v) is 5.56. The van der Waals surface area contributed by atoms with Crippen molar-refractivity contribution in [3.05, 3.63) is 64.9 Å². The highest BCUT2D eigenvalue weighted by atomic mass is 19.1. The number of fused-ring (bicyclic) bond motifs is 1. The van der Waals surface area contributed by atoms with Crippen LogP contribution in [0.2, 0.25) is 0 Å². The second kappa shape index (κ2) is 9.96. The van der Waals surface area contributed by atoms with Crippen LogP contribution in [0.15, 0.2) is 52.7 Å². The second-order valence-corrected chi connectivity index (χ2v) is 8.44. The van der Waals surface area contributed by atoms with Gasteiger partial charge < -0.3 is 4.90 Å². The van der Waals surface area contributed by atoms with Gasteiger partial charge in [0, 0.05) is 19.0 Å². The standard InChI is InChI=1S/C25H32FN5/c1-17(2)22(18(3)27-4)9-7-8-19-14-21(26)11-12-23(19)20-10-13-24-28-29-25(16-30(5)6)31(24)15-20/h10-15H,7-9,16H2,1-6H3. The zero-order valence-corrected chi connectivity index (χ0v) is 19.4. The van der Waals surface area contributed by atoms with Gasteiger partial charge in [0.05, 0.1) is 6.54 Å². The first-order valence-electron chi connectivity index (χ1n) is 10.7. The van der Waals surface area contributed by atoms with Crippen molar-refractivity contribution in [3.8, 4) is 11.1 Å². The minimum atomic E-state index is -0.203. The highest BCUT2D eigenvalue weighted by Crippen LogP contribution is 2.27. The lowest BCUT2D eigenvalue weighted by atomic mass is 9.94. The van der Waals surface area contributed by atoms with Gasteiger partial charge in [-0.3, -0.25) is 9.39 Å². The molecule has 0 amide bonds. The number of allylic oxidation sites excluding steroid dienone is 2. The molecule has 0 atom stereocenters. The van der Waals surface area contributed by atoms with Crippen molar-refractivity contribution in [1.29, 1.82) is 0 Å². The van der Waals surface area contributed by atoms with Gasteiger partial charge in [-0.15, -0.1) is 10.2 Å². The van der Waals surface area contributed by atoms with Crippen LogP contribution in [0.25, 0.3) is 16.8 Å². The summed E-state index contributed by atoms with van der Waals surface area (Å²) < 4.78 is 16.1. The van der Waals surface area contributed by atoms with Crippen molar-refractivity contribution in [2.75, 3.05) is 21.1 Å². The summed E-state index contributed by atoms with van der Waals surface area (Å²) in [6.07, 6.45) is 4.72. The van der Waals surface area contributed by atoms with Crippen LogP contribution in [0.3, 0.4) is 0 Å². The Hall–Kier alpha value is -2.86. The van der Waals surface area contributed by atoms with Gasteiger partial charge in [-0.2, -0.15) is 0 Å². The molecule has 0 aliphatic heterocycles. The molecular weight excluding hydrogens is 389 g/mol. The first kappa shape index (κ1) is 22.8. The van der Waals surface area contributed by atoms with Gasteiger partial charge in [-0.05, 0) is 101 Å². The van der Waals surface area contributed by atoms with Gasteiger partial charge >= 0.3 is 0 Å². The molecule has 0 spiro atoms. The topological polar surface area (TPSA) is 45.8 Å². The van der Waals surface area contributed by atoms with Crippen molar-refractivity contribution < 1.29 is 4.39 Å². The predicted octanol–water partition coefficient (Wildman–Crippen LogP) is 5.35. The summed E-state index contributed by atoms with van der Waals surface area (Å²) in [5, 5.41) is 8.57. The highest BCUT2D eigenvalue weighted by molar-refractivity contribution is 5.98. The Morgan fingerprint density at radius 3 is 2.55 bits per heavy atom. The van der Waals surface area contributed by atoms with Gasteiger partial charge in [0.25, 0.3) is 0 Å². The molecule has 3 rings (SSSR count). The minimum absolute atomic E-state index is 0.203. The maximum atomic E-state index is 14.1. The number of hydrogen-bond acceptors (Lipinski definition) is 4. The van der Waals surface area contributed by atoms with Crippen molar-refractivity contribution in [1.82, 2.24) is 19.5 Å². The summed E-state index contributed by atoms with van der Waals surface area (Å²) in [6, 6.07) is 9.08. The number of rotatable bonds is 8. The molecule has 5 nitrogen and oxygen atoms in total. The van der Waals surface area contributed by atoms with Gasteiger partial charge in [0.2, 0.25) is 0 Å². The monoisotopic (exact) mass is 421 g/mol. The molecule has 164 valence electrons. The summed E-state index contributed by atoms with van der Waals surface area (Å²) >= 11 is 0. The molecule has 1 aromatic carbocycles. The van der Waals surface area contributed by atoms with E-state index in [4.69, 9.17) is 0 Å². The Labute approximate surface area is 184 Å². The van der Waals surface area contributed by atoms with Gasteiger partial charge in [0.15, 0.2) is 11.5 Å². The normalized spacial score (nSPS) is 12.1. The number of aromatic nitrogens is 3. The van der Waals surface area contributed by atoms with Crippen LogP contribution in [0.4, 0.5) is 4.39 Å². The zero-order valence-electron chi connectivity index (χ0n) is 19.4. The Morgan fingerprint density at radius 2 is 1.87 bits per heavy atom. The summed E-state index contributed by atoms with van der Waals surface area (Å²) in [6.45, 7) is 7.00. The molecule has 2 aromatic heterocycles. The SMILES string of the molecule is CN=C(C)C(CCCc1cc(F)ccc1-c1ccc2nnc(CN(C)C)n2c1)=C(C)C. The smallest absolute Gasteiger partial charge is 0.160 e. The van der Waals surface area contributed by atoms with Crippen LogP contribution >= 0.6 is 0 Å². The Balaban J connectivity index is 1.90. The molecule has 0 aliphatic carbocycles. The molecule has 0 saturated heterocycles. The number of nitrogens with zero attached hydrogens (tertiary/aromatic N) is 5. The third-order valence-electron chi connectivity index (χ3n) is 5.56. The average molecular weight is 422 g/mol. The third kappa shape index (κ3) is 5.44. The second-order valence-electron chi connectivity index (χ2n) is 8.44. The van der Waals surface area contributed by atoms with Crippen molar-refractivity contribution in [2.24, 2.45) is 4.99 Å².